The zero-order valence-corrected chi connectivity index (χ0v) is 15.7. The van der Waals surface area contributed by atoms with Crippen LogP contribution in [-0.2, 0) is 4.74 Å². The Morgan fingerprint density at radius 2 is 1.83 bits per heavy atom. The second-order valence-electron chi connectivity index (χ2n) is 6.88. The van der Waals surface area contributed by atoms with Crippen molar-refractivity contribution in [3.8, 4) is 5.88 Å². The highest BCUT2D eigenvalue weighted by molar-refractivity contribution is 5.90. The zero-order valence-electron chi connectivity index (χ0n) is 15.7. The van der Waals surface area contributed by atoms with Crippen LogP contribution in [0.5, 0.6) is 5.88 Å². The number of hydrogen-bond donors (Lipinski definition) is 1. The van der Waals surface area contributed by atoms with E-state index in [1.807, 2.05) is 13.8 Å². The number of nitrogens with two attached hydrogens (primary N) is 1. The third-order valence-electron chi connectivity index (χ3n) is 3.58. The minimum atomic E-state index is -0.416. The molecular weight excluding hydrogens is 306 g/mol. The summed E-state index contributed by atoms with van der Waals surface area (Å²) in [6.07, 6.45) is 1.44. The second kappa shape index (κ2) is 9.47. The molecule has 2 N–H and O–H groups in total. The number of carbonyl (C=O) groups is 1. The summed E-state index contributed by atoms with van der Waals surface area (Å²) < 4.78 is 10.8. The molecule has 0 aliphatic carbocycles. The molecule has 0 aromatic carbocycles. The van der Waals surface area contributed by atoms with Crippen molar-refractivity contribution < 1.29 is 14.3 Å². The molecule has 6 heteroatoms. The smallest absolute Gasteiger partial charge is 0.339 e. The number of esters is 1. The summed E-state index contributed by atoms with van der Waals surface area (Å²) in [4.78, 5) is 18.4. The molecule has 1 aromatic heterocycles. The Labute approximate surface area is 145 Å². The van der Waals surface area contributed by atoms with Gasteiger partial charge in [0, 0.05) is 24.8 Å². The minimum absolute atomic E-state index is 0.284. The van der Waals surface area contributed by atoms with Crippen LogP contribution in [0, 0.1) is 5.92 Å². The molecule has 1 aromatic rings. The van der Waals surface area contributed by atoms with Crippen LogP contribution in [-0.4, -0.2) is 47.7 Å². The van der Waals surface area contributed by atoms with Gasteiger partial charge < -0.3 is 15.2 Å². The van der Waals surface area contributed by atoms with E-state index >= 15 is 0 Å². The first-order valence-electron chi connectivity index (χ1n) is 8.53. The van der Waals surface area contributed by atoms with Gasteiger partial charge in [-0.3, -0.25) is 4.90 Å². The monoisotopic (exact) mass is 337 g/mol. The molecule has 0 atom stereocenters. The first-order chi connectivity index (χ1) is 11.2. The molecule has 0 bridgehead atoms. The van der Waals surface area contributed by atoms with E-state index in [1.165, 1.54) is 6.20 Å². The van der Waals surface area contributed by atoms with Crippen LogP contribution in [0.25, 0.3) is 0 Å². The largest absolute Gasteiger partial charge is 0.475 e. The van der Waals surface area contributed by atoms with Crippen LogP contribution in [0.2, 0.25) is 0 Å². The van der Waals surface area contributed by atoms with Gasteiger partial charge in [-0.15, -0.1) is 0 Å². The van der Waals surface area contributed by atoms with E-state index < -0.39 is 5.97 Å². The third kappa shape index (κ3) is 6.35. The van der Waals surface area contributed by atoms with Crippen molar-refractivity contribution in [3.05, 3.63) is 17.8 Å². The SMILES string of the molecule is CC(C)COC(=O)c1cnc(OCCN(C(C)C)C(C)C)c(N)c1. The van der Waals surface area contributed by atoms with E-state index in [9.17, 15) is 4.79 Å². The van der Waals surface area contributed by atoms with Gasteiger partial charge in [-0.2, -0.15) is 0 Å². The van der Waals surface area contributed by atoms with Crippen molar-refractivity contribution in [2.75, 3.05) is 25.5 Å². The van der Waals surface area contributed by atoms with Crippen molar-refractivity contribution in [2.24, 2.45) is 5.92 Å². The average molecular weight is 337 g/mol. The standard InChI is InChI=1S/C18H31N3O3/c1-12(2)11-24-18(22)15-9-16(19)17(20-10-15)23-8-7-21(13(3)4)14(5)6/h9-10,12-14H,7-8,11,19H2,1-6H3. The summed E-state index contributed by atoms with van der Waals surface area (Å²) in [6, 6.07) is 2.43. The van der Waals surface area contributed by atoms with E-state index in [0.717, 1.165) is 6.54 Å². The molecule has 0 aliphatic heterocycles. The number of pyridine rings is 1. The van der Waals surface area contributed by atoms with E-state index in [1.54, 1.807) is 6.07 Å². The van der Waals surface area contributed by atoms with Gasteiger partial charge in [0.1, 0.15) is 6.61 Å². The number of carbonyl (C=O) groups excluding carboxylic acids is 1. The highest BCUT2D eigenvalue weighted by atomic mass is 16.5. The molecule has 0 radical (unpaired) electrons. The molecular formula is C18H31N3O3. The van der Waals surface area contributed by atoms with Gasteiger partial charge in [0.05, 0.1) is 17.9 Å². The molecule has 6 nitrogen and oxygen atoms in total. The summed E-state index contributed by atoms with van der Waals surface area (Å²) >= 11 is 0. The summed E-state index contributed by atoms with van der Waals surface area (Å²) in [5.41, 5.74) is 6.62. The Morgan fingerprint density at radius 3 is 2.33 bits per heavy atom. The minimum Gasteiger partial charge on any atom is -0.475 e. The van der Waals surface area contributed by atoms with Crippen LogP contribution < -0.4 is 10.5 Å². The molecule has 0 saturated heterocycles. The lowest BCUT2D eigenvalue weighted by Gasteiger charge is -2.30. The topological polar surface area (TPSA) is 77.7 Å². The predicted molar refractivity (Wildman–Crippen MR) is 96.2 cm³/mol. The number of nitrogens with zero attached hydrogens (tertiary/aromatic N) is 2. The highest BCUT2D eigenvalue weighted by Gasteiger charge is 2.15. The molecule has 0 fully saturated rings. The lowest BCUT2D eigenvalue weighted by molar-refractivity contribution is 0.0458. The summed E-state index contributed by atoms with van der Waals surface area (Å²) in [7, 11) is 0. The summed E-state index contributed by atoms with van der Waals surface area (Å²) in [5.74, 6) is 0.217. The highest BCUT2D eigenvalue weighted by Crippen LogP contribution is 2.20. The maximum absolute atomic E-state index is 11.9. The Balaban J connectivity index is 2.60. The van der Waals surface area contributed by atoms with Gasteiger partial charge in [0.25, 0.3) is 0 Å². The van der Waals surface area contributed by atoms with Crippen LogP contribution in [0.3, 0.4) is 0 Å². The number of aromatic nitrogens is 1. The first kappa shape index (κ1) is 20.2. The van der Waals surface area contributed by atoms with Gasteiger partial charge in [-0.25, -0.2) is 9.78 Å². The molecule has 1 rings (SSSR count). The fraction of sp³-hybridized carbons (Fsp3) is 0.667. The first-order valence-corrected chi connectivity index (χ1v) is 8.53. The van der Waals surface area contributed by atoms with Crippen molar-refractivity contribution in [3.63, 3.8) is 0 Å². The van der Waals surface area contributed by atoms with Gasteiger partial charge >= 0.3 is 5.97 Å². The van der Waals surface area contributed by atoms with E-state index in [2.05, 4.69) is 37.6 Å². The maximum atomic E-state index is 11.9. The normalized spacial score (nSPS) is 11.6. The quantitative estimate of drug-likeness (QED) is 0.698. The number of ether oxygens (including phenoxy) is 2. The molecule has 0 saturated carbocycles. The van der Waals surface area contributed by atoms with E-state index in [-0.39, 0.29) is 5.92 Å². The van der Waals surface area contributed by atoms with Crippen LogP contribution in [0.1, 0.15) is 51.9 Å². The number of hydrogen-bond acceptors (Lipinski definition) is 6. The van der Waals surface area contributed by atoms with Gasteiger partial charge in [0.2, 0.25) is 5.88 Å². The Morgan fingerprint density at radius 1 is 1.21 bits per heavy atom. The Hall–Kier alpha value is -1.82. The average Bonchev–Trinajstić information content (AvgIpc) is 2.49. The molecule has 0 unspecified atom stereocenters. The number of nitrogen functional groups attached to an aromatic ring is 1. The van der Waals surface area contributed by atoms with Crippen molar-refractivity contribution in [2.45, 2.75) is 53.6 Å². The van der Waals surface area contributed by atoms with Crippen LogP contribution >= 0.6 is 0 Å². The molecule has 0 amide bonds. The molecule has 1 heterocycles. The summed E-state index contributed by atoms with van der Waals surface area (Å²) in [5, 5.41) is 0. The molecule has 0 spiro atoms. The number of anilines is 1. The number of rotatable bonds is 9. The van der Waals surface area contributed by atoms with Gasteiger partial charge in [-0.05, 0) is 39.7 Å². The van der Waals surface area contributed by atoms with Gasteiger partial charge in [-0.1, -0.05) is 13.8 Å². The third-order valence-corrected chi connectivity index (χ3v) is 3.58. The lowest BCUT2D eigenvalue weighted by atomic mass is 10.2. The second-order valence-corrected chi connectivity index (χ2v) is 6.88. The Bertz CT molecular complexity index is 522. The van der Waals surface area contributed by atoms with E-state index in [4.69, 9.17) is 15.2 Å². The van der Waals surface area contributed by atoms with Crippen LogP contribution in [0.4, 0.5) is 5.69 Å². The van der Waals surface area contributed by atoms with Gasteiger partial charge in [0.15, 0.2) is 0 Å². The van der Waals surface area contributed by atoms with Crippen molar-refractivity contribution in [1.29, 1.82) is 0 Å². The Kier molecular flexibility index (Phi) is 7.98. The fourth-order valence-corrected chi connectivity index (χ4v) is 2.39. The molecule has 0 aliphatic rings. The summed E-state index contributed by atoms with van der Waals surface area (Å²) in [6.45, 7) is 14.2. The predicted octanol–water partition coefficient (Wildman–Crippen LogP) is 2.97. The van der Waals surface area contributed by atoms with Crippen LogP contribution in [0.15, 0.2) is 12.3 Å². The van der Waals surface area contributed by atoms with E-state index in [0.29, 0.717) is 42.4 Å². The zero-order chi connectivity index (χ0) is 18.3. The maximum Gasteiger partial charge on any atom is 0.339 e. The van der Waals surface area contributed by atoms with Crippen molar-refractivity contribution >= 4 is 11.7 Å². The molecule has 24 heavy (non-hydrogen) atoms. The molecule has 136 valence electrons. The van der Waals surface area contributed by atoms with Crippen molar-refractivity contribution in [1.82, 2.24) is 9.88 Å². The fourth-order valence-electron chi connectivity index (χ4n) is 2.39. The lowest BCUT2D eigenvalue weighted by Crippen LogP contribution is -2.39.